The van der Waals surface area contributed by atoms with E-state index in [-0.39, 0.29) is 23.3 Å². The molecule has 0 radical (unpaired) electrons. The van der Waals surface area contributed by atoms with E-state index in [1.807, 2.05) is 6.07 Å². The predicted octanol–water partition coefficient (Wildman–Crippen LogP) is 5.80. The van der Waals surface area contributed by atoms with E-state index < -0.39 is 27.3 Å². The fraction of sp³-hybridized carbons (Fsp3) is 0.478. The number of rotatable bonds is 12. The first-order valence-electron chi connectivity index (χ1n) is 11.0. The van der Waals surface area contributed by atoms with Crippen molar-refractivity contribution in [3.63, 3.8) is 0 Å². The van der Waals surface area contributed by atoms with Gasteiger partial charge in [-0.05, 0) is 42.5 Å². The van der Waals surface area contributed by atoms with E-state index in [2.05, 4.69) is 28.5 Å². The minimum Gasteiger partial charge on any atom is -0.384 e. The second-order valence-electron chi connectivity index (χ2n) is 7.81. The summed E-state index contributed by atoms with van der Waals surface area (Å²) in [4.78, 5) is 8.30. The fourth-order valence-electron chi connectivity index (χ4n) is 3.58. The van der Waals surface area contributed by atoms with Crippen molar-refractivity contribution >= 4 is 33.4 Å². The molecular weight excluding hydrogens is 434 g/mol. The number of hydrogen-bond acceptors (Lipinski definition) is 5. The third kappa shape index (κ3) is 6.98. The van der Waals surface area contributed by atoms with Crippen LogP contribution in [0.2, 0.25) is 0 Å². The number of nitrogen functional groups attached to an aromatic ring is 1. The summed E-state index contributed by atoms with van der Waals surface area (Å²) < 4.78 is 55.7. The molecule has 0 spiro atoms. The number of nitrogens with one attached hydrogen (secondary N) is 1. The van der Waals surface area contributed by atoms with Crippen LogP contribution >= 0.6 is 0 Å². The molecule has 2 atom stereocenters. The molecule has 9 heteroatoms. The number of nitrogens with two attached hydrogens (primary N) is 1. The van der Waals surface area contributed by atoms with E-state index in [1.54, 1.807) is 19.2 Å². The number of benzene rings is 1. The Morgan fingerprint density at radius 1 is 1.16 bits per heavy atom. The first-order valence-corrected chi connectivity index (χ1v) is 12.6. The average Bonchev–Trinajstić information content (AvgIpc) is 2.75. The summed E-state index contributed by atoms with van der Waals surface area (Å²) in [7, 11) is -3.73. The van der Waals surface area contributed by atoms with E-state index in [1.165, 1.54) is 6.21 Å². The van der Waals surface area contributed by atoms with Gasteiger partial charge in [-0.25, -0.2) is 22.2 Å². The molecule has 1 aromatic carbocycles. The Balaban J connectivity index is 2.44. The summed E-state index contributed by atoms with van der Waals surface area (Å²) in [5, 5.41) is 0. The first-order chi connectivity index (χ1) is 15.2. The van der Waals surface area contributed by atoms with Crippen LogP contribution in [-0.2, 0) is 10.0 Å². The van der Waals surface area contributed by atoms with E-state index in [9.17, 15) is 17.2 Å². The Morgan fingerprint density at radius 3 is 2.50 bits per heavy atom. The highest BCUT2D eigenvalue weighted by molar-refractivity contribution is 7.92. The number of sulfonamides is 1. The van der Waals surface area contributed by atoms with Gasteiger partial charge in [0.1, 0.15) is 11.5 Å². The molecule has 0 saturated heterocycles. The topological polar surface area (TPSA) is 97.4 Å². The molecule has 2 rings (SSSR count). The third-order valence-corrected chi connectivity index (χ3v) is 6.80. The van der Waals surface area contributed by atoms with E-state index in [4.69, 9.17) is 5.73 Å². The SMILES string of the molecule is CCCCC(CC)C(C=Nc1c(F)ccc(NS(=O)(=O)CCC)c1F)c1ccc(N)nc1. The highest BCUT2D eigenvalue weighted by Crippen LogP contribution is 2.33. The van der Waals surface area contributed by atoms with Gasteiger partial charge in [0.15, 0.2) is 11.6 Å². The van der Waals surface area contributed by atoms with Gasteiger partial charge >= 0.3 is 0 Å². The molecule has 0 aliphatic carbocycles. The summed E-state index contributed by atoms with van der Waals surface area (Å²) in [6, 6.07) is 5.60. The lowest BCUT2D eigenvalue weighted by Gasteiger charge is -2.23. The summed E-state index contributed by atoms with van der Waals surface area (Å²) in [5.41, 5.74) is 5.71. The summed E-state index contributed by atoms with van der Waals surface area (Å²) in [5.74, 6) is -1.72. The smallest absolute Gasteiger partial charge is 0.232 e. The van der Waals surface area contributed by atoms with Gasteiger partial charge in [-0.15, -0.1) is 0 Å². The summed E-state index contributed by atoms with van der Waals surface area (Å²) in [6.45, 7) is 5.87. The molecule has 3 N–H and O–H groups in total. The molecular formula is C23H32F2N4O2S. The largest absolute Gasteiger partial charge is 0.384 e. The number of halogens is 2. The Bertz CT molecular complexity index is 1010. The van der Waals surface area contributed by atoms with Crippen LogP contribution in [0, 0.1) is 17.6 Å². The van der Waals surface area contributed by atoms with Crippen molar-refractivity contribution in [3.8, 4) is 0 Å². The Labute approximate surface area is 189 Å². The van der Waals surface area contributed by atoms with E-state index in [0.29, 0.717) is 12.2 Å². The lowest BCUT2D eigenvalue weighted by molar-refractivity contribution is 0.429. The second kappa shape index (κ2) is 11.9. The molecule has 6 nitrogen and oxygen atoms in total. The van der Waals surface area contributed by atoms with Crippen LogP contribution < -0.4 is 10.5 Å². The molecule has 1 aromatic heterocycles. The van der Waals surface area contributed by atoms with Crippen LogP contribution in [-0.4, -0.2) is 25.4 Å². The van der Waals surface area contributed by atoms with Crippen molar-refractivity contribution in [2.45, 2.75) is 58.8 Å². The number of hydrogen-bond donors (Lipinski definition) is 2. The second-order valence-corrected chi connectivity index (χ2v) is 9.65. The molecule has 0 saturated carbocycles. The van der Waals surface area contributed by atoms with Gasteiger partial charge < -0.3 is 5.73 Å². The average molecular weight is 467 g/mol. The fourth-order valence-corrected chi connectivity index (χ4v) is 4.71. The third-order valence-electron chi connectivity index (χ3n) is 5.32. The quantitative estimate of drug-likeness (QED) is 0.387. The Hall–Kier alpha value is -2.55. The van der Waals surface area contributed by atoms with Crippen molar-refractivity contribution in [1.29, 1.82) is 0 Å². The van der Waals surface area contributed by atoms with Gasteiger partial charge in [0.25, 0.3) is 0 Å². The Kier molecular flexibility index (Phi) is 9.56. The van der Waals surface area contributed by atoms with Crippen LogP contribution in [0.3, 0.4) is 0 Å². The lowest BCUT2D eigenvalue weighted by atomic mass is 9.82. The molecule has 32 heavy (non-hydrogen) atoms. The summed E-state index contributed by atoms with van der Waals surface area (Å²) >= 11 is 0. The van der Waals surface area contributed by atoms with Gasteiger partial charge in [0, 0.05) is 18.3 Å². The first kappa shape index (κ1) is 25.7. The zero-order chi connectivity index (χ0) is 23.7. The highest BCUT2D eigenvalue weighted by atomic mass is 32.2. The molecule has 0 aliphatic rings. The number of pyridine rings is 1. The maximum absolute atomic E-state index is 15.0. The minimum absolute atomic E-state index is 0.162. The van der Waals surface area contributed by atoms with Crippen molar-refractivity contribution < 1.29 is 17.2 Å². The van der Waals surface area contributed by atoms with Gasteiger partial charge in [-0.3, -0.25) is 9.71 Å². The maximum atomic E-state index is 15.0. The Morgan fingerprint density at radius 2 is 1.91 bits per heavy atom. The van der Waals surface area contributed by atoms with Gasteiger partial charge in [0.2, 0.25) is 10.0 Å². The minimum atomic E-state index is -3.73. The molecule has 0 amide bonds. The number of aliphatic imine (C=N–C) groups is 1. The van der Waals surface area contributed by atoms with Gasteiger partial charge in [0.05, 0.1) is 11.4 Å². The molecule has 0 bridgehead atoms. The van der Waals surface area contributed by atoms with Crippen LogP contribution in [0.15, 0.2) is 35.5 Å². The lowest BCUT2D eigenvalue weighted by Crippen LogP contribution is -2.17. The normalized spacial score (nSPS) is 13.9. The van der Waals surface area contributed by atoms with Crippen molar-refractivity contribution in [2.24, 2.45) is 10.9 Å². The van der Waals surface area contributed by atoms with Gasteiger partial charge in [-0.2, -0.15) is 0 Å². The molecule has 0 fully saturated rings. The highest BCUT2D eigenvalue weighted by Gasteiger charge is 2.22. The van der Waals surface area contributed by atoms with Crippen LogP contribution in [0.1, 0.15) is 64.4 Å². The van der Waals surface area contributed by atoms with Crippen molar-refractivity contribution in [3.05, 3.63) is 47.7 Å². The van der Waals surface area contributed by atoms with Crippen molar-refractivity contribution in [1.82, 2.24) is 4.98 Å². The molecule has 2 unspecified atom stereocenters. The van der Waals surface area contributed by atoms with Crippen molar-refractivity contribution in [2.75, 3.05) is 16.2 Å². The number of unbranched alkanes of at least 4 members (excludes halogenated alkanes) is 1. The maximum Gasteiger partial charge on any atom is 0.232 e. The van der Waals surface area contributed by atoms with Crippen LogP contribution in [0.5, 0.6) is 0 Å². The van der Waals surface area contributed by atoms with Gasteiger partial charge in [-0.1, -0.05) is 46.1 Å². The number of anilines is 2. The zero-order valence-corrected chi connectivity index (χ0v) is 19.6. The molecule has 176 valence electrons. The molecule has 2 aromatic rings. The molecule has 0 aliphatic heterocycles. The molecule has 1 heterocycles. The summed E-state index contributed by atoms with van der Waals surface area (Å²) in [6.07, 6.45) is 7.38. The van der Waals surface area contributed by atoms with Crippen LogP contribution in [0.4, 0.5) is 26.0 Å². The monoisotopic (exact) mass is 466 g/mol. The zero-order valence-electron chi connectivity index (χ0n) is 18.8. The van der Waals surface area contributed by atoms with E-state index >= 15 is 0 Å². The number of aromatic nitrogens is 1. The predicted molar refractivity (Wildman–Crippen MR) is 127 cm³/mol. The van der Waals surface area contributed by atoms with Crippen LogP contribution in [0.25, 0.3) is 0 Å². The number of nitrogens with zero attached hydrogens (tertiary/aromatic N) is 2. The standard InChI is InChI=1S/C23H32F2N4O2S/c1-4-7-8-16(6-3)18(17-9-12-21(26)27-14-17)15-28-23-19(24)10-11-20(22(23)25)29-32(30,31)13-5-2/h9-12,14-16,18,29H,4-8,13H2,1-3H3,(H2,26,27). The van der Waals surface area contributed by atoms with E-state index in [0.717, 1.165) is 43.4 Å².